The Hall–Kier alpha value is -3.56. The molecule has 1 saturated heterocycles. The van der Waals surface area contributed by atoms with Gasteiger partial charge < -0.3 is 14.5 Å². The molecule has 3 heterocycles. The van der Waals surface area contributed by atoms with Crippen molar-refractivity contribution in [3.8, 4) is 5.75 Å². The van der Waals surface area contributed by atoms with Crippen LogP contribution in [0.1, 0.15) is 29.7 Å². The summed E-state index contributed by atoms with van der Waals surface area (Å²) in [6.07, 6.45) is 3.03. The van der Waals surface area contributed by atoms with Crippen LogP contribution in [0.15, 0.2) is 61.3 Å². The molecule has 7 nitrogen and oxygen atoms in total. The van der Waals surface area contributed by atoms with Gasteiger partial charge in [0.25, 0.3) is 0 Å². The normalized spacial score (nSPS) is 14.8. The lowest BCUT2D eigenvalue weighted by Gasteiger charge is -2.30. The quantitative estimate of drug-likeness (QED) is 0.551. The highest BCUT2D eigenvalue weighted by atomic mass is 19.4. The van der Waals surface area contributed by atoms with Crippen molar-refractivity contribution in [1.82, 2.24) is 19.6 Å². The lowest BCUT2D eigenvalue weighted by molar-refractivity contribution is -0.137. The Balaban J connectivity index is 1.23. The van der Waals surface area contributed by atoms with Crippen molar-refractivity contribution in [2.24, 2.45) is 5.92 Å². The van der Waals surface area contributed by atoms with E-state index >= 15 is 0 Å². The summed E-state index contributed by atoms with van der Waals surface area (Å²) < 4.78 is 45.0. The molecule has 4 rings (SSSR count). The van der Waals surface area contributed by atoms with Crippen molar-refractivity contribution in [3.63, 3.8) is 0 Å². The lowest BCUT2D eigenvalue weighted by atomic mass is 9.98. The number of likely N-dealkylation sites (tertiary alicyclic amines) is 1. The molecule has 0 N–H and O–H groups in total. The summed E-state index contributed by atoms with van der Waals surface area (Å²) in [4.78, 5) is 27.6. The van der Waals surface area contributed by atoms with E-state index < -0.39 is 17.8 Å². The monoisotopic (exact) mass is 460 g/mol. The van der Waals surface area contributed by atoms with Crippen molar-refractivity contribution in [1.29, 1.82) is 0 Å². The highest BCUT2D eigenvalue weighted by Crippen LogP contribution is 2.28. The van der Waals surface area contributed by atoms with Crippen LogP contribution >= 0.6 is 0 Å². The zero-order chi connectivity index (χ0) is 23.3. The number of nitrogens with zero attached hydrogens (tertiary/aromatic N) is 4. The molecule has 10 heteroatoms. The van der Waals surface area contributed by atoms with Gasteiger partial charge in [0.15, 0.2) is 0 Å². The van der Waals surface area contributed by atoms with Gasteiger partial charge >= 0.3 is 12.3 Å². The molecule has 0 radical (unpaired) electrons. The third-order valence-electron chi connectivity index (χ3n) is 5.48. The average Bonchev–Trinajstić information content (AvgIpc) is 3.33. The first kappa shape index (κ1) is 22.6. The number of hydrogen-bond acceptors (Lipinski definition) is 5. The summed E-state index contributed by atoms with van der Waals surface area (Å²) in [5, 5.41) is 0. The van der Waals surface area contributed by atoms with Gasteiger partial charge in [0.2, 0.25) is 0 Å². The van der Waals surface area contributed by atoms with E-state index in [1.807, 2.05) is 0 Å². The molecule has 0 bridgehead atoms. The van der Waals surface area contributed by atoms with Crippen molar-refractivity contribution in [3.05, 3.63) is 78.1 Å². The van der Waals surface area contributed by atoms with Gasteiger partial charge in [-0.1, -0.05) is 12.1 Å². The van der Waals surface area contributed by atoms with Gasteiger partial charge in [-0.3, -0.25) is 4.98 Å². The van der Waals surface area contributed by atoms with Gasteiger partial charge in [-0.2, -0.15) is 17.9 Å². The fourth-order valence-corrected chi connectivity index (χ4v) is 3.54. The molecule has 3 aromatic rings. The predicted octanol–water partition coefficient (Wildman–Crippen LogP) is 4.23. The van der Waals surface area contributed by atoms with E-state index in [0.29, 0.717) is 43.5 Å². The van der Waals surface area contributed by atoms with Gasteiger partial charge in [0.1, 0.15) is 18.7 Å². The van der Waals surface area contributed by atoms with E-state index in [2.05, 4.69) is 9.97 Å². The molecule has 0 unspecified atom stereocenters. The summed E-state index contributed by atoms with van der Waals surface area (Å²) in [5.41, 5.74) is 0.594. The molecule has 0 spiro atoms. The molecule has 1 amide bonds. The highest BCUT2D eigenvalue weighted by Gasteiger charge is 2.30. The van der Waals surface area contributed by atoms with Gasteiger partial charge in [-0.05, 0) is 48.6 Å². The number of pyridine rings is 1. The van der Waals surface area contributed by atoms with Gasteiger partial charge in [-0.15, -0.1) is 0 Å². The summed E-state index contributed by atoms with van der Waals surface area (Å²) in [5.74, 6) is 0.768. The number of alkyl halides is 3. The van der Waals surface area contributed by atoms with Crippen LogP contribution in [0.5, 0.6) is 5.75 Å². The van der Waals surface area contributed by atoms with Crippen LogP contribution in [0.3, 0.4) is 0 Å². The van der Waals surface area contributed by atoms with Crippen molar-refractivity contribution < 1.29 is 27.5 Å². The van der Waals surface area contributed by atoms with Gasteiger partial charge in [0.05, 0.1) is 11.8 Å². The molecular formula is C23H23F3N4O3. The minimum atomic E-state index is -4.40. The maximum atomic E-state index is 12.6. The van der Waals surface area contributed by atoms with E-state index in [4.69, 9.17) is 9.57 Å². The Labute approximate surface area is 188 Å². The number of imidazole rings is 1. The van der Waals surface area contributed by atoms with E-state index in [9.17, 15) is 18.0 Å². The molecule has 1 aromatic carbocycles. The van der Waals surface area contributed by atoms with Crippen molar-refractivity contribution >= 4 is 6.09 Å². The zero-order valence-electron chi connectivity index (χ0n) is 17.7. The Bertz CT molecular complexity index is 1030. The number of aromatic nitrogens is 3. The summed E-state index contributed by atoms with van der Waals surface area (Å²) >= 11 is 0. The van der Waals surface area contributed by atoms with Crippen LogP contribution in [0.4, 0.5) is 18.0 Å². The van der Waals surface area contributed by atoms with E-state index in [1.165, 1.54) is 6.07 Å². The molecule has 1 fully saturated rings. The predicted molar refractivity (Wildman–Crippen MR) is 112 cm³/mol. The van der Waals surface area contributed by atoms with Crippen molar-refractivity contribution in [2.75, 3.05) is 19.7 Å². The molecule has 174 valence electrons. The second-order valence-corrected chi connectivity index (χ2v) is 7.87. The number of hydrogen-bond donors (Lipinski definition) is 0. The molecule has 2 aromatic heterocycles. The Morgan fingerprint density at radius 2 is 1.85 bits per heavy atom. The molecule has 1 aliphatic heterocycles. The van der Waals surface area contributed by atoms with Crippen LogP contribution < -0.4 is 9.57 Å². The minimum Gasteiger partial charge on any atom is -0.413 e. The lowest BCUT2D eigenvalue weighted by Crippen LogP contribution is -2.41. The first-order valence-electron chi connectivity index (χ1n) is 10.6. The first-order chi connectivity index (χ1) is 15.9. The number of carbonyl (C=O) groups excluding carboxylic acids is 1. The number of rotatable bonds is 6. The van der Waals surface area contributed by atoms with E-state index in [0.717, 1.165) is 30.7 Å². The summed E-state index contributed by atoms with van der Waals surface area (Å²) in [7, 11) is 0. The number of carbonyl (C=O) groups is 1. The summed E-state index contributed by atoms with van der Waals surface area (Å²) in [6, 6.07) is 9.25. The maximum Gasteiger partial charge on any atom is 0.417 e. The molecular weight excluding hydrogens is 437 g/mol. The molecule has 0 aliphatic carbocycles. The average molecular weight is 460 g/mol. The van der Waals surface area contributed by atoms with Crippen LogP contribution in [0.2, 0.25) is 0 Å². The smallest absolute Gasteiger partial charge is 0.413 e. The molecule has 33 heavy (non-hydrogen) atoms. The zero-order valence-corrected chi connectivity index (χ0v) is 17.7. The Kier molecular flexibility index (Phi) is 6.81. The fourth-order valence-electron chi connectivity index (χ4n) is 3.54. The highest BCUT2D eigenvalue weighted by molar-refractivity contribution is 5.70. The van der Waals surface area contributed by atoms with E-state index in [-0.39, 0.29) is 0 Å². The topological polar surface area (TPSA) is 69.5 Å². The van der Waals surface area contributed by atoms with Crippen molar-refractivity contribution in [2.45, 2.75) is 25.4 Å². The maximum absolute atomic E-state index is 12.6. The Morgan fingerprint density at radius 3 is 2.45 bits per heavy atom. The van der Waals surface area contributed by atoms with Crippen LogP contribution in [0, 0.1) is 5.92 Å². The SMILES string of the molecule is O=C(Oc1ccc(Cc2ccc(C(F)(F)F)cn2)cc1)N1CCC(COn2ccnc2)CC1. The number of halogens is 3. The van der Waals surface area contributed by atoms with Crippen LogP contribution in [0.25, 0.3) is 0 Å². The number of ether oxygens (including phenoxy) is 1. The first-order valence-corrected chi connectivity index (χ1v) is 10.6. The fraction of sp³-hybridized carbons (Fsp3) is 0.348. The number of piperidine rings is 1. The molecule has 0 saturated carbocycles. The minimum absolute atomic E-state index is 0.356. The summed E-state index contributed by atoms with van der Waals surface area (Å²) in [6.45, 7) is 1.75. The van der Waals surface area contributed by atoms with Crippen LogP contribution in [-0.2, 0) is 12.6 Å². The molecule has 1 aliphatic rings. The van der Waals surface area contributed by atoms with Gasteiger partial charge in [0, 0.05) is 37.6 Å². The van der Waals surface area contributed by atoms with Gasteiger partial charge in [-0.25, -0.2) is 9.78 Å². The number of benzene rings is 1. The number of amides is 1. The second-order valence-electron chi connectivity index (χ2n) is 7.87. The Morgan fingerprint density at radius 1 is 1.09 bits per heavy atom. The standard InChI is InChI=1S/C23H23F3N4O3/c24-23(25,26)19-3-4-20(28-14-19)13-17-1-5-21(6-2-17)33-22(31)29-10-7-18(8-11-29)15-32-30-12-9-27-16-30/h1-6,9,12,14,16,18H,7-8,10-11,13,15H2. The molecule has 0 atom stereocenters. The second kappa shape index (κ2) is 9.93. The van der Waals surface area contributed by atoms with Crippen LogP contribution in [-0.4, -0.2) is 45.4 Å². The third-order valence-corrected chi connectivity index (χ3v) is 5.48. The largest absolute Gasteiger partial charge is 0.417 e. The third kappa shape index (κ3) is 6.24. The van der Waals surface area contributed by atoms with E-state index in [1.54, 1.807) is 52.6 Å².